The van der Waals surface area contributed by atoms with Crippen LogP contribution in [0.1, 0.15) is 43.9 Å². The third-order valence-corrected chi connectivity index (χ3v) is 3.66. The fraction of sp³-hybridized carbons (Fsp3) is 0.571. The lowest BCUT2D eigenvalue weighted by atomic mass is 9.86. The van der Waals surface area contributed by atoms with Crippen LogP contribution in [0.3, 0.4) is 0 Å². The van der Waals surface area contributed by atoms with Gasteiger partial charge in [0.15, 0.2) is 0 Å². The van der Waals surface area contributed by atoms with Crippen molar-refractivity contribution in [2.75, 3.05) is 13.1 Å². The summed E-state index contributed by atoms with van der Waals surface area (Å²) in [7, 11) is 0. The second-order valence-electron chi connectivity index (χ2n) is 4.51. The van der Waals surface area contributed by atoms with E-state index in [4.69, 9.17) is 0 Å². The molecule has 0 aromatic heterocycles. The molecule has 88 valence electrons. The lowest BCUT2D eigenvalue weighted by Gasteiger charge is -2.34. The van der Waals surface area contributed by atoms with Crippen LogP contribution in [-0.2, 0) is 6.42 Å². The lowest BCUT2D eigenvalue weighted by molar-refractivity contribution is 0.198. The SMILES string of the molecule is CCN(CC)C1CCCc2cc(O)ccc21. The number of hydrogen-bond donors (Lipinski definition) is 1. The quantitative estimate of drug-likeness (QED) is 0.844. The number of hydrogen-bond acceptors (Lipinski definition) is 2. The van der Waals surface area contributed by atoms with Crippen LogP contribution in [0, 0.1) is 0 Å². The van der Waals surface area contributed by atoms with Gasteiger partial charge in [0.1, 0.15) is 5.75 Å². The Balaban J connectivity index is 2.32. The zero-order chi connectivity index (χ0) is 11.5. The Labute approximate surface area is 97.9 Å². The smallest absolute Gasteiger partial charge is 0.115 e. The molecular formula is C14H21NO. The van der Waals surface area contributed by atoms with Gasteiger partial charge in [-0.15, -0.1) is 0 Å². The van der Waals surface area contributed by atoms with Crippen molar-refractivity contribution in [2.45, 2.75) is 39.2 Å². The zero-order valence-electron chi connectivity index (χ0n) is 10.2. The molecule has 2 heteroatoms. The monoisotopic (exact) mass is 219 g/mol. The average Bonchev–Trinajstić information content (AvgIpc) is 2.30. The van der Waals surface area contributed by atoms with E-state index in [1.54, 1.807) is 0 Å². The molecule has 0 aliphatic heterocycles. The van der Waals surface area contributed by atoms with Gasteiger partial charge in [-0.1, -0.05) is 19.9 Å². The number of rotatable bonds is 3. The third kappa shape index (κ3) is 2.07. The van der Waals surface area contributed by atoms with E-state index in [9.17, 15) is 5.11 Å². The molecule has 1 aromatic rings. The first-order chi connectivity index (χ1) is 7.76. The number of aromatic hydroxyl groups is 1. The van der Waals surface area contributed by atoms with Crippen molar-refractivity contribution >= 4 is 0 Å². The summed E-state index contributed by atoms with van der Waals surface area (Å²) in [6, 6.07) is 6.41. The third-order valence-electron chi connectivity index (χ3n) is 3.66. The van der Waals surface area contributed by atoms with Gasteiger partial charge in [0.25, 0.3) is 0 Å². The van der Waals surface area contributed by atoms with Gasteiger partial charge in [-0.3, -0.25) is 4.90 Å². The van der Waals surface area contributed by atoms with Crippen LogP contribution in [-0.4, -0.2) is 23.1 Å². The number of phenolic OH excluding ortho intramolecular Hbond substituents is 1. The van der Waals surface area contributed by atoms with E-state index in [-0.39, 0.29) is 0 Å². The average molecular weight is 219 g/mol. The topological polar surface area (TPSA) is 23.5 Å². The first-order valence-electron chi connectivity index (χ1n) is 6.32. The Morgan fingerprint density at radius 2 is 2.06 bits per heavy atom. The highest BCUT2D eigenvalue weighted by Gasteiger charge is 2.24. The minimum absolute atomic E-state index is 0.402. The van der Waals surface area contributed by atoms with Crippen LogP contribution in [0.2, 0.25) is 0 Å². The highest BCUT2D eigenvalue weighted by molar-refractivity contribution is 5.38. The maximum atomic E-state index is 9.51. The molecule has 0 spiro atoms. The van der Waals surface area contributed by atoms with Crippen molar-refractivity contribution in [3.8, 4) is 5.75 Å². The molecule has 2 rings (SSSR count). The van der Waals surface area contributed by atoms with Crippen LogP contribution >= 0.6 is 0 Å². The van der Waals surface area contributed by atoms with E-state index in [1.165, 1.54) is 24.0 Å². The van der Waals surface area contributed by atoms with Crippen molar-refractivity contribution < 1.29 is 5.11 Å². The van der Waals surface area contributed by atoms with Crippen molar-refractivity contribution in [2.24, 2.45) is 0 Å². The van der Waals surface area contributed by atoms with E-state index < -0.39 is 0 Å². The molecule has 1 aromatic carbocycles. The maximum Gasteiger partial charge on any atom is 0.115 e. The normalized spacial score (nSPS) is 19.8. The number of aryl methyl sites for hydroxylation is 1. The van der Waals surface area contributed by atoms with Gasteiger partial charge in [-0.05, 0) is 55.6 Å². The molecule has 0 radical (unpaired) electrons. The van der Waals surface area contributed by atoms with Crippen LogP contribution in [0.5, 0.6) is 5.75 Å². The summed E-state index contributed by atoms with van der Waals surface area (Å²) in [4.78, 5) is 2.51. The molecule has 0 saturated carbocycles. The standard InChI is InChI=1S/C14H21NO/c1-3-15(4-2)14-7-5-6-11-10-12(16)8-9-13(11)14/h8-10,14,16H,3-7H2,1-2H3. The highest BCUT2D eigenvalue weighted by atomic mass is 16.3. The van der Waals surface area contributed by atoms with Gasteiger partial charge in [0.05, 0.1) is 0 Å². The Kier molecular flexibility index (Phi) is 3.49. The van der Waals surface area contributed by atoms with Crippen LogP contribution in [0.15, 0.2) is 18.2 Å². The molecule has 1 N–H and O–H groups in total. The molecule has 0 heterocycles. The predicted molar refractivity (Wildman–Crippen MR) is 66.7 cm³/mol. The summed E-state index contributed by atoms with van der Waals surface area (Å²) in [5, 5.41) is 9.51. The molecule has 0 fully saturated rings. The Morgan fingerprint density at radius 3 is 2.75 bits per heavy atom. The van der Waals surface area contributed by atoms with Gasteiger partial charge in [-0.2, -0.15) is 0 Å². The van der Waals surface area contributed by atoms with Gasteiger partial charge < -0.3 is 5.11 Å². The van der Waals surface area contributed by atoms with Gasteiger partial charge in [-0.25, -0.2) is 0 Å². The Hall–Kier alpha value is -1.02. The van der Waals surface area contributed by atoms with E-state index in [0.29, 0.717) is 11.8 Å². The molecule has 1 atom stereocenters. The molecular weight excluding hydrogens is 198 g/mol. The molecule has 1 aliphatic rings. The molecule has 0 saturated heterocycles. The first kappa shape index (κ1) is 11.5. The highest BCUT2D eigenvalue weighted by Crippen LogP contribution is 2.35. The van der Waals surface area contributed by atoms with E-state index in [1.807, 2.05) is 12.1 Å². The fourth-order valence-corrected chi connectivity index (χ4v) is 2.82. The largest absolute Gasteiger partial charge is 0.508 e. The molecule has 16 heavy (non-hydrogen) atoms. The van der Waals surface area contributed by atoms with E-state index in [2.05, 4.69) is 24.8 Å². The predicted octanol–water partition coefficient (Wildman–Crippen LogP) is 3.11. The van der Waals surface area contributed by atoms with Crippen molar-refractivity contribution in [3.63, 3.8) is 0 Å². The van der Waals surface area contributed by atoms with Crippen molar-refractivity contribution in [3.05, 3.63) is 29.3 Å². The van der Waals surface area contributed by atoms with Crippen molar-refractivity contribution in [1.82, 2.24) is 4.90 Å². The Morgan fingerprint density at radius 1 is 1.31 bits per heavy atom. The summed E-state index contributed by atoms with van der Waals surface area (Å²) >= 11 is 0. The summed E-state index contributed by atoms with van der Waals surface area (Å²) in [6.45, 7) is 6.64. The number of nitrogens with zero attached hydrogens (tertiary/aromatic N) is 1. The van der Waals surface area contributed by atoms with Gasteiger partial charge in [0, 0.05) is 6.04 Å². The van der Waals surface area contributed by atoms with E-state index >= 15 is 0 Å². The second kappa shape index (κ2) is 4.88. The summed E-state index contributed by atoms with van der Waals surface area (Å²) in [5.74, 6) is 0.402. The van der Waals surface area contributed by atoms with Gasteiger partial charge in [0.2, 0.25) is 0 Å². The number of fused-ring (bicyclic) bond motifs is 1. The Bertz CT molecular complexity index is 358. The fourth-order valence-electron chi connectivity index (χ4n) is 2.82. The van der Waals surface area contributed by atoms with E-state index in [0.717, 1.165) is 19.5 Å². The van der Waals surface area contributed by atoms with Crippen LogP contribution < -0.4 is 0 Å². The van der Waals surface area contributed by atoms with Crippen molar-refractivity contribution in [1.29, 1.82) is 0 Å². The van der Waals surface area contributed by atoms with Crippen LogP contribution in [0.25, 0.3) is 0 Å². The molecule has 0 bridgehead atoms. The molecule has 1 aliphatic carbocycles. The van der Waals surface area contributed by atoms with Crippen LogP contribution in [0.4, 0.5) is 0 Å². The zero-order valence-corrected chi connectivity index (χ0v) is 10.2. The summed E-state index contributed by atoms with van der Waals surface area (Å²) in [5.41, 5.74) is 2.76. The number of benzene rings is 1. The molecule has 2 nitrogen and oxygen atoms in total. The second-order valence-corrected chi connectivity index (χ2v) is 4.51. The minimum atomic E-state index is 0.402. The first-order valence-corrected chi connectivity index (χ1v) is 6.32. The summed E-state index contributed by atoms with van der Waals surface area (Å²) in [6.07, 6.45) is 3.60. The number of phenols is 1. The minimum Gasteiger partial charge on any atom is -0.508 e. The lowest BCUT2D eigenvalue weighted by Crippen LogP contribution is -2.30. The van der Waals surface area contributed by atoms with Gasteiger partial charge >= 0.3 is 0 Å². The summed E-state index contributed by atoms with van der Waals surface area (Å²) < 4.78 is 0. The maximum absolute atomic E-state index is 9.51. The molecule has 1 unspecified atom stereocenters. The molecule has 0 amide bonds.